The molecule has 2 rings (SSSR count). The Balaban J connectivity index is 2.06. The standard InChI is InChI=1S/C17H23NO2/c1-13(2)8-7-9-14(3)16-12-20-17(19)18(16)15-10-5-4-6-11-15/h4-6,8,10-11,14,16H,7,9,12H2,1-3H3/t14-,16-/m0/s1. The smallest absolute Gasteiger partial charge is 0.414 e. The Labute approximate surface area is 121 Å². The highest BCUT2D eigenvalue weighted by Gasteiger charge is 2.37. The minimum absolute atomic E-state index is 0.135. The maximum atomic E-state index is 12.0. The summed E-state index contributed by atoms with van der Waals surface area (Å²) in [5, 5.41) is 0. The van der Waals surface area contributed by atoms with Gasteiger partial charge < -0.3 is 4.74 Å². The van der Waals surface area contributed by atoms with Crippen molar-refractivity contribution in [3.63, 3.8) is 0 Å². The van der Waals surface area contributed by atoms with Gasteiger partial charge in [0.15, 0.2) is 0 Å². The van der Waals surface area contributed by atoms with Crippen LogP contribution in [-0.4, -0.2) is 18.7 Å². The lowest BCUT2D eigenvalue weighted by molar-refractivity contribution is 0.176. The number of anilines is 1. The van der Waals surface area contributed by atoms with Crippen molar-refractivity contribution in [2.24, 2.45) is 5.92 Å². The van der Waals surface area contributed by atoms with Crippen molar-refractivity contribution >= 4 is 11.8 Å². The molecule has 1 saturated heterocycles. The van der Waals surface area contributed by atoms with Crippen LogP contribution in [0.1, 0.15) is 33.6 Å². The second-order valence-corrected chi connectivity index (χ2v) is 5.69. The number of carbonyl (C=O) groups is 1. The van der Waals surface area contributed by atoms with Crippen molar-refractivity contribution in [3.8, 4) is 0 Å². The number of allylic oxidation sites excluding steroid dienone is 2. The van der Waals surface area contributed by atoms with Gasteiger partial charge in [0.25, 0.3) is 0 Å². The summed E-state index contributed by atoms with van der Waals surface area (Å²) in [4.78, 5) is 13.8. The lowest BCUT2D eigenvalue weighted by Gasteiger charge is -2.26. The van der Waals surface area contributed by atoms with Crippen molar-refractivity contribution in [3.05, 3.63) is 42.0 Å². The molecule has 0 saturated carbocycles. The zero-order valence-electron chi connectivity index (χ0n) is 12.5. The van der Waals surface area contributed by atoms with Crippen LogP contribution in [0.25, 0.3) is 0 Å². The second kappa shape index (κ2) is 6.60. The Morgan fingerprint density at radius 1 is 1.40 bits per heavy atom. The second-order valence-electron chi connectivity index (χ2n) is 5.69. The van der Waals surface area contributed by atoms with E-state index < -0.39 is 0 Å². The molecule has 3 nitrogen and oxygen atoms in total. The van der Waals surface area contributed by atoms with Gasteiger partial charge in [-0.2, -0.15) is 0 Å². The van der Waals surface area contributed by atoms with Gasteiger partial charge in [-0.25, -0.2) is 4.79 Å². The number of hydrogen-bond donors (Lipinski definition) is 0. The molecule has 0 unspecified atom stereocenters. The van der Waals surface area contributed by atoms with E-state index in [9.17, 15) is 4.79 Å². The van der Waals surface area contributed by atoms with Crippen molar-refractivity contribution in [1.82, 2.24) is 0 Å². The van der Waals surface area contributed by atoms with E-state index in [1.807, 2.05) is 30.3 Å². The summed E-state index contributed by atoms with van der Waals surface area (Å²) in [7, 11) is 0. The van der Waals surface area contributed by atoms with Crippen LogP contribution in [0, 0.1) is 5.92 Å². The van der Waals surface area contributed by atoms with Crippen LogP contribution in [0.4, 0.5) is 10.5 Å². The SMILES string of the molecule is CC(C)=CCC[C@H](C)[C@@H]1COC(=O)N1c1ccccc1. The lowest BCUT2D eigenvalue weighted by atomic mass is 9.95. The Kier molecular flexibility index (Phi) is 4.83. The molecule has 0 N–H and O–H groups in total. The van der Waals surface area contributed by atoms with Gasteiger partial charge in [0.1, 0.15) is 6.61 Å². The van der Waals surface area contributed by atoms with Crippen LogP contribution in [0.3, 0.4) is 0 Å². The van der Waals surface area contributed by atoms with E-state index in [4.69, 9.17) is 4.74 Å². The molecule has 1 amide bonds. The molecule has 0 aliphatic carbocycles. The molecule has 0 spiro atoms. The number of ether oxygens (including phenoxy) is 1. The maximum Gasteiger partial charge on any atom is 0.414 e. The normalized spacial score (nSPS) is 19.6. The van der Waals surface area contributed by atoms with Crippen LogP contribution < -0.4 is 4.90 Å². The van der Waals surface area contributed by atoms with Crippen molar-refractivity contribution in [1.29, 1.82) is 0 Å². The van der Waals surface area contributed by atoms with Crippen LogP contribution in [-0.2, 0) is 4.74 Å². The fourth-order valence-corrected chi connectivity index (χ4v) is 2.57. The number of amides is 1. The van der Waals surface area contributed by atoms with Crippen LogP contribution in [0.15, 0.2) is 42.0 Å². The zero-order chi connectivity index (χ0) is 14.5. The van der Waals surface area contributed by atoms with Gasteiger partial charge in [-0.05, 0) is 44.7 Å². The summed E-state index contributed by atoms with van der Waals surface area (Å²) in [6.45, 7) is 6.91. The summed E-state index contributed by atoms with van der Waals surface area (Å²) in [5.74, 6) is 0.414. The number of benzene rings is 1. The van der Waals surface area contributed by atoms with Gasteiger partial charge >= 0.3 is 6.09 Å². The number of hydrogen-bond acceptors (Lipinski definition) is 2. The predicted octanol–water partition coefficient (Wildman–Crippen LogP) is 4.39. The zero-order valence-corrected chi connectivity index (χ0v) is 12.5. The molecule has 1 aliphatic heterocycles. The summed E-state index contributed by atoms with van der Waals surface area (Å²) in [5.41, 5.74) is 2.27. The van der Waals surface area contributed by atoms with Crippen LogP contribution in [0.5, 0.6) is 0 Å². The number of rotatable bonds is 5. The minimum atomic E-state index is -0.227. The fourth-order valence-electron chi connectivity index (χ4n) is 2.57. The predicted molar refractivity (Wildman–Crippen MR) is 81.9 cm³/mol. The number of cyclic esters (lactones) is 1. The van der Waals surface area contributed by atoms with Crippen molar-refractivity contribution < 1.29 is 9.53 Å². The Morgan fingerprint density at radius 2 is 2.10 bits per heavy atom. The van der Waals surface area contributed by atoms with E-state index in [0.29, 0.717) is 12.5 Å². The molecule has 108 valence electrons. The van der Waals surface area contributed by atoms with Crippen molar-refractivity contribution in [2.45, 2.75) is 39.7 Å². The van der Waals surface area contributed by atoms with Gasteiger partial charge in [0, 0.05) is 5.69 Å². The average molecular weight is 273 g/mol. The molecule has 3 heteroatoms. The molecule has 20 heavy (non-hydrogen) atoms. The highest BCUT2D eigenvalue weighted by molar-refractivity contribution is 5.90. The number of para-hydroxylation sites is 1. The third-order valence-corrected chi connectivity index (χ3v) is 3.77. The van der Waals surface area contributed by atoms with Gasteiger partial charge in [0.05, 0.1) is 6.04 Å². The van der Waals surface area contributed by atoms with Crippen LogP contribution >= 0.6 is 0 Å². The van der Waals surface area contributed by atoms with Gasteiger partial charge in [-0.15, -0.1) is 0 Å². The third kappa shape index (κ3) is 3.41. The molecular formula is C17H23NO2. The Hall–Kier alpha value is -1.77. The van der Waals surface area contributed by atoms with Gasteiger partial charge in [-0.1, -0.05) is 36.8 Å². The maximum absolute atomic E-state index is 12.0. The van der Waals surface area contributed by atoms with E-state index in [0.717, 1.165) is 18.5 Å². The first-order valence-electron chi connectivity index (χ1n) is 7.24. The van der Waals surface area contributed by atoms with E-state index >= 15 is 0 Å². The Bertz CT molecular complexity index is 477. The Morgan fingerprint density at radius 3 is 2.75 bits per heavy atom. The summed E-state index contributed by atoms with van der Waals surface area (Å²) < 4.78 is 5.25. The largest absolute Gasteiger partial charge is 0.447 e. The summed E-state index contributed by atoms with van der Waals surface area (Å²) >= 11 is 0. The molecule has 2 atom stereocenters. The van der Waals surface area contributed by atoms with E-state index in [-0.39, 0.29) is 12.1 Å². The quantitative estimate of drug-likeness (QED) is 0.744. The van der Waals surface area contributed by atoms with E-state index in [1.54, 1.807) is 4.90 Å². The highest BCUT2D eigenvalue weighted by Crippen LogP contribution is 2.28. The molecule has 0 bridgehead atoms. The molecule has 0 radical (unpaired) electrons. The summed E-state index contributed by atoms with van der Waals surface area (Å²) in [6, 6.07) is 9.91. The average Bonchev–Trinajstić information content (AvgIpc) is 2.81. The number of carbonyl (C=O) groups excluding carboxylic acids is 1. The summed E-state index contributed by atoms with van der Waals surface area (Å²) in [6.07, 6.45) is 4.14. The monoisotopic (exact) mass is 273 g/mol. The molecule has 1 aliphatic rings. The van der Waals surface area contributed by atoms with Crippen LogP contribution in [0.2, 0.25) is 0 Å². The first-order valence-corrected chi connectivity index (χ1v) is 7.24. The van der Waals surface area contributed by atoms with E-state index in [1.165, 1.54) is 5.57 Å². The molecule has 1 heterocycles. The minimum Gasteiger partial charge on any atom is -0.447 e. The fraction of sp³-hybridized carbons (Fsp3) is 0.471. The first-order chi connectivity index (χ1) is 9.59. The number of nitrogens with zero attached hydrogens (tertiary/aromatic N) is 1. The first kappa shape index (κ1) is 14.6. The molecule has 1 aromatic carbocycles. The third-order valence-electron chi connectivity index (χ3n) is 3.77. The van der Waals surface area contributed by atoms with Crippen molar-refractivity contribution in [2.75, 3.05) is 11.5 Å². The van der Waals surface area contributed by atoms with Gasteiger partial charge in [-0.3, -0.25) is 4.90 Å². The molecule has 1 aromatic rings. The lowest BCUT2D eigenvalue weighted by Crippen LogP contribution is -2.38. The topological polar surface area (TPSA) is 29.5 Å². The van der Waals surface area contributed by atoms with E-state index in [2.05, 4.69) is 26.8 Å². The van der Waals surface area contributed by atoms with Gasteiger partial charge in [0.2, 0.25) is 0 Å². The molecular weight excluding hydrogens is 250 g/mol. The highest BCUT2D eigenvalue weighted by atomic mass is 16.6. The molecule has 1 fully saturated rings. The molecule has 0 aromatic heterocycles.